The second-order valence-electron chi connectivity index (χ2n) is 6.69. The minimum absolute atomic E-state index is 0.191. The summed E-state index contributed by atoms with van der Waals surface area (Å²) in [7, 11) is 0. The number of nitrogens with one attached hydrogen (secondary N) is 2. The molecule has 0 aliphatic rings. The molecule has 0 spiro atoms. The van der Waals surface area contributed by atoms with Gasteiger partial charge in [-0.15, -0.1) is 0 Å². The quantitative estimate of drug-likeness (QED) is 0.169. The number of benzene rings is 2. The van der Waals surface area contributed by atoms with E-state index >= 15 is 0 Å². The van der Waals surface area contributed by atoms with Gasteiger partial charge in [0.1, 0.15) is 0 Å². The van der Waals surface area contributed by atoms with Crippen LogP contribution in [-0.2, 0) is 16.0 Å². The first-order valence-electron chi connectivity index (χ1n) is 9.54. The molecule has 0 saturated heterocycles. The smallest absolute Gasteiger partial charge is 0.300 e. The Labute approximate surface area is 205 Å². The zero-order chi connectivity index (χ0) is 22.1. The SMILES string of the molecule is C/C=C/C(=O)Nc1ccc(C(C)I)cc1CC#CC(=O)Nc1ccc(C(C)I)cc1. The molecule has 0 bridgehead atoms. The Hall–Kier alpha value is -1.86. The molecule has 0 fully saturated rings. The second-order valence-corrected chi connectivity index (χ2v) is 10.4. The lowest BCUT2D eigenvalue weighted by Gasteiger charge is -2.12. The third-order valence-corrected chi connectivity index (χ3v) is 5.71. The van der Waals surface area contributed by atoms with E-state index < -0.39 is 0 Å². The van der Waals surface area contributed by atoms with Crippen LogP contribution in [-0.4, -0.2) is 11.8 Å². The molecule has 2 unspecified atom stereocenters. The number of carbonyl (C=O) groups is 2. The normalized spacial score (nSPS) is 12.6. The first-order valence-corrected chi connectivity index (χ1v) is 12.0. The summed E-state index contributed by atoms with van der Waals surface area (Å²) in [6.07, 6.45) is 3.52. The summed E-state index contributed by atoms with van der Waals surface area (Å²) in [4.78, 5) is 24.1. The maximum absolute atomic E-state index is 12.2. The number of rotatable bonds is 6. The molecule has 0 aliphatic heterocycles. The van der Waals surface area contributed by atoms with E-state index in [0.717, 1.165) is 16.8 Å². The van der Waals surface area contributed by atoms with Crippen molar-refractivity contribution in [1.29, 1.82) is 0 Å². The predicted octanol–water partition coefficient (Wildman–Crippen LogP) is 6.38. The number of hydrogen-bond acceptors (Lipinski definition) is 2. The van der Waals surface area contributed by atoms with Crippen LogP contribution in [0.2, 0.25) is 0 Å². The van der Waals surface area contributed by atoms with E-state index in [4.69, 9.17) is 0 Å². The summed E-state index contributed by atoms with van der Waals surface area (Å²) in [5, 5.41) is 5.67. The number of amides is 2. The number of anilines is 2. The minimum Gasteiger partial charge on any atom is -0.322 e. The maximum atomic E-state index is 12.2. The summed E-state index contributed by atoms with van der Waals surface area (Å²) in [6.45, 7) is 6.01. The van der Waals surface area contributed by atoms with Gasteiger partial charge in [0.05, 0.1) is 0 Å². The van der Waals surface area contributed by atoms with Crippen molar-refractivity contribution in [2.24, 2.45) is 0 Å². The number of allylic oxidation sites excluding steroid dienone is 1. The molecule has 0 saturated carbocycles. The summed E-state index contributed by atoms with van der Waals surface area (Å²) in [5.74, 6) is 5.02. The topological polar surface area (TPSA) is 58.2 Å². The van der Waals surface area contributed by atoms with Crippen molar-refractivity contribution in [2.75, 3.05) is 10.6 Å². The summed E-state index contributed by atoms with van der Waals surface area (Å²) in [5.41, 5.74) is 4.66. The van der Waals surface area contributed by atoms with Gasteiger partial charge in [0.25, 0.3) is 5.91 Å². The van der Waals surface area contributed by atoms with Gasteiger partial charge in [0.15, 0.2) is 0 Å². The van der Waals surface area contributed by atoms with Crippen LogP contribution in [0.4, 0.5) is 11.4 Å². The van der Waals surface area contributed by atoms with E-state index in [2.05, 4.69) is 81.5 Å². The first-order chi connectivity index (χ1) is 14.3. The van der Waals surface area contributed by atoms with E-state index in [1.54, 1.807) is 13.0 Å². The van der Waals surface area contributed by atoms with Crippen molar-refractivity contribution < 1.29 is 9.59 Å². The fraction of sp³-hybridized carbons (Fsp3) is 0.250. The van der Waals surface area contributed by atoms with Gasteiger partial charge in [-0.3, -0.25) is 9.59 Å². The highest BCUT2D eigenvalue weighted by molar-refractivity contribution is 14.1. The van der Waals surface area contributed by atoms with E-state index in [-0.39, 0.29) is 11.8 Å². The van der Waals surface area contributed by atoms with Gasteiger partial charge in [-0.05, 0) is 67.7 Å². The van der Waals surface area contributed by atoms with Crippen LogP contribution in [0.15, 0.2) is 54.6 Å². The fourth-order valence-electron chi connectivity index (χ4n) is 2.67. The molecule has 30 heavy (non-hydrogen) atoms. The Balaban J connectivity index is 2.11. The monoisotopic (exact) mass is 626 g/mol. The second kappa shape index (κ2) is 12.1. The van der Waals surface area contributed by atoms with Crippen LogP contribution in [0.5, 0.6) is 0 Å². The molecule has 156 valence electrons. The maximum Gasteiger partial charge on any atom is 0.300 e. The van der Waals surface area contributed by atoms with Crippen LogP contribution in [0, 0.1) is 11.8 Å². The Kier molecular flexibility index (Phi) is 9.85. The van der Waals surface area contributed by atoms with Gasteiger partial charge < -0.3 is 10.6 Å². The molecule has 0 aromatic heterocycles. The highest BCUT2D eigenvalue weighted by atomic mass is 127. The molecule has 4 nitrogen and oxygen atoms in total. The van der Waals surface area contributed by atoms with Crippen molar-refractivity contribution >= 4 is 68.4 Å². The van der Waals surface area contributed by atoms with Crippen molar-refractivity contribution in [2.45, 2.75) is 35.0 Å². The van der Waals surface area contributed by atoms with Gasteiger partial charge in [0.2, 0.25) is 5.91 Å². The average Bonchev–Trinajstić information content (AvgIpc) is 2.69. The molecule has 6 heteroatoms. The molecule has 0 heterocycles. The summed E-state index contributed by atoms with van der Waals surface area (Å²) < 4.78 is 0.738. The Morgan fingerprint density at radius 2 is 1.63 bits per heavy atom. The van der Waals surface area contributed by atoms with E-state index in [1.165, 1.54) is 11.6 Å². The van der Waals surface area contributed by atoms with Gasteiger partial charge in [-0.2, -0.15) is 0 Å². The third kappa shape index (κ3) is 7.76. The molecular formula is C24H24I2N2O2. The van der Waals surface area contributed by atoms with Crippen molar-refractivity contribution in [1.82, 2.24) is 0 Å². The standard InChI is InChI=1S/C24H24I2N2O2/c1-4-6-23(29)28-22-14-11-19(17(3)26)15-20(22)7-5-8-24(30)27-21-12-9-18(10-13-21)16(2)25/h4,6,9-17H,7H2,1-3H3,(H,27,30)(H,28,29)/b6-4+. The van der Waals surface area contributed by atoms with Crippen molar-refractivity contribution in [3.8, 4) is 11.8 Å². The summed E-state index contributed by atoms with van der Waals surface area (Å²) >= 11 is 4.69. The summed E-state index contributed by atoms with van der Waals surface area (Å²) in [6, 6.07) is 13.7. The zero-order valence-electron chi connectivity index (χ0n) is 17.1. The Bertz CT molecular complexity index is 985. The largest absolute Gasteiger partial charge is 0.322 e. The predicted molar refractivity (Wildman–Crippen MR) is 141 cm³/mol. The Morgan fingerprint density at radius 3 is 2.23 bits per heavy atom. The van der Waals surface area contributed by atoms with Gasteiger partial charge >= 0.3 is 0 Å². The molecule has 2 N–H and O–H groups in total. The van der Waals surface area contributed by atoms with Crippen molar-refractivity contribution in [3.63, 3.8) is 0 Å². The third-order valence-electron chi connectivity index (χ3n) is 4.27. The molecule has 2 aromatic rings. The van der Waals surface area contributed by atoms with Crippen molar-refractivity contribution in [3.05, 3.63) is 71.3 Å². The lowest BCUT2D eigenvalue weighted by atomic mass is 10.0. The highest BCUT2D eigenvalue weighted by Crippen LogP contribution is 2.27. The fourth-order valence-corrected chi connectivity index (χ4v) is 3.47. The highest BCUT2D eigenvalue weighted by Gasteiger charge is 2.09. The average molecular weight is 626 g/mol. The van der Waals surface area contributed by atoms with Gasteiger partial charge in [-0.25, -0.2) is 0 Å². The molecule has 0 radical (unpaired) electrons. The molecule has 0 aliphatic carbocycles. The number of alkyl halides is 2. The van der Waals surface area contributed by atoms with Crippen LogP contribution in [0.1, 0.15) is 45.3 Å². The molecule has 2 aromatic carbocycles. The van der Waals surface area contributed by atoms with E-state index in [0.29, 0.717) is 20.0 Å². The molecule has 2 amide bonds. The van der Waals surface area contributed by atoms with Crippen LogP contribution < -0.4 is 10.6 Å². The molecule has 2 rings (SSSR count). The lowest BCUT2D eigenvalue weighted by molar-refractivity contribution is -0.112. The first kappa shape index (κ1) is 24.4. The Morgan fingerprint density at radius 1 is 1.00 bits per heavy atom. The van der Waals surface area contributed by atoms with Crippen LogP contribution in [0.25, 0.3) is 0 Å². The zero-order valence-corrected chi connectivity index (χ0v) is 21.4. The molecule has 2 atom stereocenters. The van der Waals surface area contributed by atoms with E-state index in [1.807, 2.05) is 42.5 Å². The molecular weight excluding hydrogens is 602 g/mol. The number of hydrogen-bond donors (Lipinski definition) is 2. The van der Waals surface area contributed by atoms with Gasteiger partial charge in [0, 0.05) is 25.6 Å². The lowest BCUT2D eigenvalue weighted by Crippen LogP contribution is -2.10. The van der Waals surface area contributed by atoms with Crippen LogP contribution >= 0.6 is 45.2 Å². The van der Waals surface area contributed by atoms with E-state index in [9.17, 15) is 9.59 Å². The van der Waals surface area contributed by atoms with Crippen LogP contribution in [0.3, 0.4) is 0 Å². The number of halogens is 2. The number of carbonyl (C=O) groups excluding carboxylic acids is 2. The van der Waals surface area contributed by atoms with Gasteiger partial charge in [-0.1, -0.05) is 81.4 Å². The minimum atomic E-state index is -0.358.